The third-order valence-electron chi connectivity index (χ3n) is 6.87. The molecule has 1 aromatic heterocycles. The van der Waals surface area contributed by atoms with Crippen LogP contribution in [0.4, 0.5) is 8.78 Å². The molecule has 1 amide bonds. The zero-order valence-electron chi connectivity index (χ0n) is 18.8. The average Bonchev–Trinajstić information content (AvgIpc) is 3.48. The molecule has 4 nitrogen and oxygen atoms in total. The number of carbonyl (C=O) groups is 1. The van der Waals surface area contributed by atoms with Gasteiger partial charge in [0.2, 0.25) is 0 Å². The van der Waals surface area contributed by atoms with Crippen molar-refractivity contribution < 1.29 is 13.6 Å². The van der Waals surface area contributed by atoms with Crippen molar-refractivity contribution in [1.29, 1.82) is 0 Å². The number of hydrogen-bond donors (Lipinski definition) is 3. The van der Waals surface area contributed by atoms with E-state index in [0.717, 1.165) is 52.4 Å². The first-order chi connectivity index (χ1) is 16.5. The molecular formula is C28H27F2N3O. The number of amides is 1. The van der Waals surface area contributed by atoms with Crippen LogP contribution in [0.5, 0.6) is 0 Å². The molecular weight excluding hydrogens is 432 g/mol. The summed E-state index contributed by atoms with van der Waals surface area (Å²) < 4.78 is 27.0. The lowest BCUT2D eigenvalue weighted by Gasteiger charge is -2.12. The molecule has 4 aromatic rings. The van der Waals surface area contributed by atoms with Crippen LogP contribution in [0.1, 0.15) is 29.8 Å². The molecule has 5 rings (SSSR count). The van der Waals surface area contributed by atoms with Gasteiger partial charge in [-0.1, -0.05) is 36.4 Å². The fraction of sp³-hybridized carbons (Fsp3) is 0.250. The quantitative estimate of drug-likeness (QED) is 0.337. The molecule has 6 heteroatoms. The lowest BCUT2D eigenvalue weighted by Crippen LogP contribution is -2.29. The number of H-pyrrole nitrogens is 1. The maximum absolute atomic E-state index is 13.6. The Labute approximate surface area is 197 Å². The number of nitrogens with one attached hydrogen (secondary N) is 2. The Morgan fingerprint density at radius 2 is 1.50 bits per heavy atom. The Bertz CT molecular complexity index is 1310. The normalized spacial score (nSPS) is 17.9. The largest absolute Gasteiger partial charge is 0.350 e. The number of rotatable bonds is 6. The first-order valence-electron chi connectivity index (χ1n) is 11.7. The summed E-state index contributed by atoms with van der Waals surface area (Å²) in [4.78, 5) is 16.6. The smallest absolute Gasteiger partial charge is 0.268 e. The van der Waals surface area contributed by atoms with E-state index in [-0.39, 0.29) is 17.5 Å². The summed E-state index contributed by atoms with van der Waals surface area (Å²) in [6.07, 6.45) is 3.21. The first-order valence-corrected chi connectivity index (χ1v) is 11.7. The van der Waals surface area contributed by atoms with Crippen LogP contribution in [0, 0.1) is 23.5 Å². The first kappa shape index (κ1) is 22.3. The van der Waals surface area contributed by atoms with Gasteiger partial charge in [-0.15, -0.1) is 0 Å². The summed E-state index contributed by atoms with van der Waals surface area (Å²) in [6.45, 7) is 1.30. The van der Waals surface area contributed by atoms with Crippen molar-refractivity contribution in [3.8, 4) is 22.3 Å². The highest BCUT2D eigenvalue weighted by Gasteiger charge is 2.25. The van der Waals surface area contributed by atoms with E-state index in [2.05, 4.69) is 10.3 Å². The predicted molar refractivity (Wildman–Crippen MR) is 131 cm³/mol. The topological polar surface area (TPSA) is 70.9 Å². The van der Waals surface area contributed by atoms with Crippen LogP contribution in [0.25, 0.3) is 33.2 Å². The number of halogens is 2. The van der Waals surface area contributed by atoms with Gasteiger partial charge in [0, 0.05) is 23.0 Å². The highest BCUT2D eigenvalue weighted by atomic mass is 19.1. The van der Waals surface area contributed by atoms with Gasteiger partial charge in [-0.2, -0.15) is 0 Å². The Kier molecular flexibility index (Phi) is 6.16. The second kappa shape index (κ2) is 9.39. The Morgan fingerprint density at radius 1 is 0.882 bits per heavy atom. The Hall–Kier alpha value is -3.51. The molecule has 0 aliphatic heterocycles. The lowest BCUT2D eigenvalue weighted by molar-refractivity contribution is 0.0943. The van der Waals surface area contributed by atoms with E-state index in [0.29, 0.717) is 30.6 Å². The molecule has 1 fully saturated rings. The van der Waals surface area contributed by atoms with Gasteiger partial charge in [0.1, 0.15) is 17.3 Å². The molecule has 1 aliphatic carbocycles. The number of benzene rings is 3. The van der Waals surface area contributed by atoms with Crippen molar-refractivity contribution in [2.24, 2.45) is 17.6 Å². The second-order valence-corrected chi connectivity index (χ2v) is 9.14. The minimum absolute atomic E-state index is 0.185. The Balaban J connectivity index is 1.50. The molecule has 0 spiro atoms. The molecule has 0 saturated heterocycles. The summed E-state index contributed by atoms with van der Waals surface area (Å²) in [7, 11) is 0. The van der Waals surface area contributed by atoms with Crippen molar-refractivity contribution in [1.82, 2.24) is 10.3 Å². The van der Waals surface area contributed by atoms with Crippen LogP contribution in [-0.2, 0) is 0 Å². The van der Waals surface area contributed by atoms with Crippen LogP contribution in [-0.4, -0.2) is 24.0 Å². The minimum Gasteiger partial charge on any atom is -0.350 e. The standard InChI is InChI=1S/C28H27F2N3O/c29-22-8-3-19(4-9-22)21-7-12-24-25(14-21)33-27(26(24)20-5-10-23(30)11-6-20)28(34)32-16-18-2-1-17(13-18)15-31/h3-12,14,17-18,33H,1-2,13,15-16,31H2,(H,32,34)/t17-,18+/m1/s1. The molecule has 0 bridgehead atoms. The van der Waals surface area contributed by atoms with Crippen molar-refractivity contribution in [3.05, 3.63) is 84.1 Å². The zero-order valence-corrected chi connectivity index (χ0v) is 18.8. The second-order valence-electron chi connectivity index (χ2n) is 9.14. The van der Waals surface area contributed by atoms with Gasteiger partial charge < -0.3 is 16.0 Å². The van der Waals surface area contributed by atoms with Crippen LogP contribution < -0.4 is 11.1 Å². The van der Waals surface area contributed by atoms with Gasteiger partial charge in [-0.05, 0) is 84.7 Å². The third kappa shape index (κ3) is 4.46. The number of nitrogens with two attached hydrogens (primary N) is 1. The zero-order chi connectivity index (χ0) is 23.7. The van der Waals surface area contributed by atoms with Crippen LogP contribution in [0.15, 0.2) is 66.7 Å². The SMILES string of the molecule is NC[C@@H]1CC[C@H](CNC(=O)c2[nH]c3cc(-c4ccc(F)cc4)ccc3c2-c2ccc(F)cc2)C1. The number of carbonyl (C=O) groups excluding carboxylic acids is 1. The Morgan fingerprint density at radius 3 is 2.15 bits per heavy atom. The van der Waals surface area contributed by atoms with Gasteiger partial charge in [-0.25, -0.2) is 8.78 Å². The summed E-state index contributed by atoms with van der Waals surface area (Å²) in [6, 6.07) is 18.3. The molecule has 174 valence electrons. The molecule has 0 unspecified atom stereocenters. The summed E-state index contributed by atoms with van der Waals surface area (Å²) in [5, 5.41) is 3.96. The molecule has 1 heterocycles. The molecule has 1 aliphatic rings. The van der Waals surface area contributed by atoms with Crippen molar-refractivity contribution >= 4 is 16.8 Å². The summed E-state index contributed by atoms with van der Waals surface area (Å²) >= 11 is 0. The lowest BCUT2D eigenvalue weighted by atomic mass is 9.98. The van der Waals surface area contributed by atoms with Crippen LogP contribution in [0.3, 0.4) is 0 Å². The number of fused-ring (bicyclic) bond motifs is 1. The molecule has 3 aromatic carbocycles. The maximum atomic E-state index is 13.6. The molecule has 0 radical (unpaired) electrons. The van der Waals surface area contributed by atoms with E-state index in [4.69, 9.17) is 5.73 Å². The number of hydrogen-bond acceptors (Lipinski definition) is 2. The van der Waals surface area contributed by atoms with E-state index in [9.17, 15) is 13.6 Å². The average molecular weight is 460 g/mol. The van der Waals surface area contributed by atoms with Gasteiger partial charge >= 0.3 is 0 Å². The van der Waals surface area contributed by atoms with Gasteiger partial charge in [0.05, 0.1) is 0 Å². The van der Waals surface area contributed by atoms with Crippen molar-refractivity contribution in [2.75, 3.05) is 13.1 Å². The fourth-order valence-corrected chi connectivity index (χ4v) is 5.01. The van der Waals surface area contributed by atoms with E-state index in [1.807, 2.05) is 18.2 Å². The van der Waals surface area contributed by atoms with E-state index < -0.39 is 0 Å². The van der Waals surface area contributed by atoms with Gasteiger partial charge in [0.25, 0.3) is 5.91 Å². The minimum atomic E-state index is -0.330. The van der Waals surface area contributed by atoms with Crippen molar-refractivity contribution in [3.63, 3.8) is 0 Å². The summed E-state index contributed by atoms with van der Waals surface area (Å²) in [5.41, 5.74) is 10.3. The molecule has 34 heavy (non-hydrogen) atoms. The molecule has 1 saturated carbocycles. The highest BCUT2D eigenvalue weighted by Crippen LogP contribution is 2.35. The third-order valence-corrected chi connectivity index (χ3v) is 6.87. The van der Waals surface area contributed by atoms with E-state index in [1.54, 1.807) is 24.3 Å². The fourth-order valence-electron chi connectivity index (χ4n) is 5.01. The monoisotopic (exact) mass is 459 g/mol. The molecule has 2 atom stereocenters. The van der Waals surface area contributed by atoms with Crippen LogP contribution >= 0.6 is 0 Å². The van der Waals surface area contributed by atoms with Gasteiger partial charge in [0.15, 0.2) is 0 Å². The van der Waals surface area contributed by atoms with E-state index >= 15 is 0 Å². The van der Waals surface area contributed by atoms with Gasteiger partial charge in [-0.3, -0.25) is 4.79 Å². The van der Waals surface area contributed by atoms with Crippen molar-refractivity contribution in [2.45, 2.75) is 19.3 Å². The summed E-state index contributed by atoms with van der Waals surface area (Å²) in [5.74, 6) is 0.164. The van der Waals surface area contributed by atoms with Crippen LogP contribution in [0.2, 0.25) is 0 Å². The predicted octanol–water partition coefficient (Wildman–Crippen LogP) is 5.88. The maximum Gasteiger partial charge on any atom is 0.268 e. The van der Waals surface area contributed by atoms with E-state index in [1.165, 1.54) is 24.3 Å². The number of aromatic nitrogens is 1. The number of aromatic amines is 1. The highest BCUT2D eigenvalue weighted by molar-refractivity contribution is 6.10. The molecule has 4 N–H and O–H groups in total.